The molecule has 0 unspecified atom stereocenters. The van der Waals surface area contributed by atoms with Gasteiger partial charge >= 0.3 is 93.2 Å². The van der Waals surface area contributed by atoms with Gasteiger partial charge in [0.2, 0.25) is 0 Å². The van der Waals surface area contributed by atoms with Crippen molar-refractivity contribution in [3.63, 3.8) is 0 Å². The van der Waals surface area contributed by atoms with Gasteiger partial charge in [0.1, 0.15) is 0 Å². The zero-order valence-corrected chi connectivity index (χ0v) is 8.59. The van der Waals surface area contributed by atoms with Gasteiger partial charge in [0.05, 0.1) is 0 Å². The molecule has 76 valence electrons. The van der Waals surface area contributed by atoms with Crippen LogP contribution >= 0.6 is 0 Å². The Hall–Kier alpha value is -2.03. The Labute approximate surface area is 93.7 Å². The fourth-order valence-corrected chi connectivity index (χ4v) is 1.65. The van der Waals surface area contributed by atoms with Gasteiger partial charge in [-0.25, -0.2) is 0 Å². The van der Waals surface area contributed by atoms with Crippen LogP contribution in [0.2, 0.25) is 0 Å². The molecule has 0 fully saturated rings. The van der Waals surface area contributed by atoms with Gasteiger partial charge < -0.3 is 0 Å². The van der Waals surface area contributed by atoms with Crippen LogP contribution < -0.4 is 4.74 Å². The van der Waals surface area contributed by atoms with Crippen molar-refractivity contribution >= 4 is 18.1 Å². The van der Waals surface area contributed by atoms with E-state index in [1.807, 2.05) is 54.6 Å². The molecule has 0 aliphatic carbocycles. The molecule has 0 bridgehead atoms. The standard InChI is InChI=1S/C13H9BO2/c1-2-6-10(7-3-1)15-13-11-8-4-5-9-12(11)16-14-13/h1-9H. The molecule has 3 aromatic rings. The van der Waals surface area contributed by atoms with Gasteiger partial charge in [-0.2, -0.15) is 0 Å². The molecular formula is C13H9BO2. The number of ether oxygens (including phenoxy) is 1. The van der Waals surface area contributed by atoms with Crippen LogP contribution in [0.25, 0.3) is 11.0 Å². The van der Waals surface area contributed by atoms with E-state index in [-0.39, 0.29) is 0 Å². The molecule has 2 aromatic carbocycles. The third-order valence-electron chi connectivity index (χ3n) is 2.42. The maximum atomic E-state index is 5.74. The Bertz CT molecular complexity index is 601. The van der Waals surface area contributed by atoms with Crippen LogP contribution in [0.3, 0.4) is 0 Å². The normalized spacial score (nSPS) is 10.2. The number of fused-ring (bicyclic) bond motifs is 1. The minimum atomic E-state index is 0.752. The first-order valence-corrected chi connectivity index (χ1v) is 5.12. The summed E-state index contributed by atoms with van der Waals surface area (Å²) in [6, 6.07) is 17.5. The summed E-state index contributed by atoms with van der Waals surface area (Å²) in [7, 11) is 1.64. The van der Waals surface area contributed by atoms with Gasteiger partial charge in [0, 0.05) is 0 Å². The summed E-state index contributed by atoms with van der Waals surface area (Å²) in [5, 5.41) is 0.992. The van der Waals surface area contributed by atoms with Gasteiger partial charge in [-0.3, -0.25) is 0 Å². The summed E-state index contributed by atoms with van der Waals surface area (Å²) in [6.07, 6.45) is 0. The van der Waals surface area contributed by atoms with Gasteiger partial charge in [-0.05, 0) is 0 Å². The summed E-state index contributed by atoms with van der Waals surface area (Å²) in [5.41, 5.74) is 1.59. The molecule has 0 spiro atoms. The average molecular weight is 208 g/mol. The van der Waals surface area contributed by atoms with E-state index in [9.17, 15) is 0 Å². The van der Waals surface area contributed by atoms with E-state index in [4.69, 9.17) is 9.07 Å². The van der Waals surface area contributed by atoms with Crippen molar-refractivity contribution in [2.45, 2.75) is 0 Å². The molecule has 3 rings (SSSR count). The molecule has 1 heterocycles. The van der Waals surface area contributed by atoms with E-state index in [1.165, 1.54) is 0 Å². The summed E-state index contributed by atoms with van der Waals surface area (Å²) >= 11 is 0. The average Bonchev–Trinajstić information content (AvgIpc) is 2.74. The van der Waals surface area contributed by atoms with Crippen LogP contribution in [0, 0.1) is 0 Å². The Morgan fingerprint density at radius 2 is 1.62 bits per heavy atom. The van der Waals surface area contributed by atoms with Gasteiger partial charge in [0.25, 0.3) is 0 Å². The summed E-state index contributed by atoms with van der Waals surface area (Å²) < 4.78 is 11.1. The van der Waals surface area contributed by atoms with Crippen molar-refractivity contribution < 1.29 is 9.07 Å². The van der Waals surface area contributed by atoms with Crippen LogP contribution in [0.1, 0.15) is 0 Å². The number of rotatable bonds is 2. The molecule has 1 aromatic heterocycles. The molecule has 0 aliphatic rings. The van der Waals surface area contributed by atoms with Gasteiger partial charge in [-0.15, -0.1) is 0 Å². The second-order valence-corrected chi connectivity index (χ2v) is 3.51. The fraction of sp³-hybridized carbons (Fsp3) is 0. The van der Waals surface area contributed by atoms with Crippen molar-refractivity contribution in [2.24, 2.45) is 0 Å². The predicted molar refractivity (Wildman–Crippen MR) is 64.1 cm³/mol. The van der Waals surface area contributed by atoms with E-state index in [0.29, 0.717) is 0 Å². The number of para-hydroxylation sites is 2. The molecule has 0 atom stereocenters. The molecule has 3 heteroatoms. The van der Waals surface area contributed by atoms with Crippen molar-refractivity contribution in [1.29, 1.82) is 0 Å². The third kappa shape index (κ3) is 1.61. The predicted octanol–water partition coefficient (Wildman–Crippen LogP) is 3.56. The molecule has 0 aliphatic heterocycles. The third-order valence-corrected chi connectivity index (χ3v) is 2.42. The zero-order valence-electron chi connectivity index (χ0n) is 8.59. The van der Waals surface area contributed by atoms with E-state index < -0.39 is 0 Å². The second-order valence-electron chi connectivity index (χ2n) is 3.51. The Kier molecular flexibility index (Phi) is 2.22. The van der Waals surface area contributed by atoms with E-state index in [0.717, 1.165) is 22.4 Å². The van der Waals surface area contributed by atoms with Crippen molar-refractivity contribution in [1.82, 2.24) is 0 Å². The number of benzene rings is 2. The molecular weight excluding hydrogens is 199 g/mol. The topological polar surface area (TPSA) is 22.4 Å². The molecule has 2 nitrogen and oxygen atoms in total. The first kappa shape index (κ1) is 9.22. The second kappa shape index (κ2) is 3.85. The first-order valence-electron chi connectivity index (χ1n) is 5.12. The molecule has 0 N–H and O–H groups in total. The summed E-state index contributed by atoms with van der Waals surface area (Å²) in [5.74, 6) is 0.814. The van der Waals surface area contributed by atoms with Crippen molar-refractivity contribution in [3.05, 3.63) is 54.6 Å². The van der Waals surface area contributed by atoms with Crippen LogP contribution in [0.5, 0.6) is 11.4 Å². The maximum absolute atomic E-state index is 5.74. The Morgan fingerprint density at radius 1 is 0.875 bits per heavy atom. The summed E-state index contributed by atoms with van der Waals surface area (Å²) in [6.45, 7) is 0. The molecule has 0 amide bonds. The van der Waals surface area contributed by atoms with Crippen molar-refractivity contribution in [3.8, 4) is 11.4 Å². The van der Waals surface area contributed by atoms with E-state index in [1.54, 1.807) is 7.13 Å². The Morgan fingerprint density at radius 3 is 2.50 bits per heavy atom. The first-order chi connectivity index (χ1) is 7.93. The van der Waals surface area contributed by atoms with Crippen LogP contribution in [0.15, 0.2) is 58.9 Å². The van der Waals surface area contributed by atoms with Crippen LogP contribution in [0.4, 0.5) is 0 Å². The monoisotopic (exact) mass is 208 g/mol. The van der Waals surface area contributed by atoms with E-state index in [2.05, 4.69) is 0 Å². The number of hydrogen-bond acceptors (Lipinski definition) is 2. The summed E-state index contributed by atoms with van der Waals surface area (Å²) in [4.78, 5) is 0. The van der Waals surface area contributed by atoms with E-state index >= 15 is 0 Å². The quantitative estimate of drug-likeness (QED) is 0.642. The molecule has 0 radical (unpaired) electrons. The minimum absolute atomic E-state index is 0.752. The fourth-order valence-electron chi connectivity index (χ4n) is 1.65. The van der Waals surface area contributed by atoms with Crippen LogP contribution in [-0.2, 0) is 0 Å². The van der Waals surface area contributed by atoms with Crippen molar-refractivity contribution in [2.75, 3.05) is 0 Å². The zero-order chi connectivity index (χ0) is 10.8. The SMILES string of the molecule is b1oc2ccccc2c1Oc1ccccc1. The van der Waals surface area contributed by atoms with Gasteiger partial charge in [-0.1, -0.05) is 0 Å². The molecule has 16 heavy (non-hydrogen) atoms. The molecule has 0 saturated carbocycles. The van der Waals surface area contributed by atoms with Gasteiger partial charge in [0.15, 0.2) is 0 Å². The van der Waals surface area contributed by atoms with Crippen LogP contribution in [-0.4, -0.2) is 7.13 Å². The Balaban J connectivity index is 2.01. The number of hydrogen-bond donors (Lipinski definition) is 0. The molecule has 0 saturated heterocycles.